The lowest BCUT2D eigenvalue weighted by molar-refractivity contribution is -0.136. The Morgan fingerprint density at radius 1 is 1.43 bits per heavy atom. The summed E-state index contributed by atoms with van der Waals surface area (Å²) in [4.78, 5) is 10.8. The lowest BCUT2D eigenvalue weighted by Gasteiger charge is -2.09. The van der Waals surface area contributed by atoms with Gasteiger partial charge in [0.2, 0.25) is 0 Å². The molecule has 0 radical (unpaired) electrons. The van der Waals surface area contributed by atoms with Crippen LogP contribution in [0.3, 0.4) is 0 Å². The van der Waals surface area contributed by atoms with E-state index in [1.54, 1.807) is 37.6 Å². The molecular weight excluding hydrogens is 200 g/mol. The predicted molar refractivity (Wildman–Crippen MR) is 56.9 cm³/mol. The van der Waals surface area contributed by atoms with E-state index in [0.29, 0.717) is 0 Å². The average Bonchev–Trinajstić information content (AvgIpc) is 2.19. The van der Waals surface area contributed by atoms with Gasteiger partial charge in [-0.3, -0.25) is 4.79 Å². The number of carbonyl (C=O) groups is 1. The Balaban J connectivity index is 2.89. The lowest BCUT2D eigenvalue weighted by atomic mass is 10.1. The molecular formula is C10H12O3S. The van der Waals surface area contributed by atoms with Crippen molar-refractivity contribution in [3.05, 3.63) is 29.8 Å². The Morgan fingerprint density at radius 2 is 2.00 bits per heavy atom. The molecule has 0 bridgehead atoms. The standard InChI is InChI=1S/C10H12O3S/c1-13-8-5-3-7(4-6-8)9(14-2)10(11)12/h3-6,9H,1-2H3,(H,11,12). The zero-order valence-corrected chi connectivity index (χ0v) is 8.88. The summed E-state index contributed by atoms with van der Waals surface area (Å²) in [5.74, 6) is -0.0818. The summed E-state index contributed by atoms with van der Waals surface area (Å²) in [5, 5.41) is 8.40. The van der Waals surface area contributed by atoms with Crippen molar-refractivity contribution in [1.82, 2.24) is 0 Å². The summed E-state index contributed by atoms with van der Waals surface area (Å²) >= 11 is 1.30. The van der Waals surface area contributed by atoms with Gasteiger partial charge >= 0.3 is 5.97 Å². The van der Waals surface area contributed by atoms with Crippen LogP contribution in [-0.2, 0) is 4.79 Å². The van der Waals surface area contributed by atoms with Gasteiger partial charge in [-0.05, 0) is 24.0 Å². The smallest absolute Gasteiger partial charge is 0.321 e. The third kappa shape index (κ3) is 2.42. The molecule has 1 rings (SSSR count). The largest absolute Gasteiger partial charge is 0.497 e. The highest BCUT2D eigenvalue weighted by Gasteiger charge is 2.17. The molecule has 0 fully saturated rings. The first-order valence-corrected chi connectivity index (χ1v) is 5.37. The summed E-state index contributed by atoms with van der Waals surface area (Å²) in [7, 11) is 1.58. The number of rotatable bonds is 4. The summed E-state index contributed by atoms with van der Waals surface area (Å²) < 4.78 is 4.99. The fourth-order valence-corrected chi connectivity index (χ4v) is 1.79. The Hall–Kier alpha value is -1.16. The quantitative estimate of drug-likeness (QED) is 0.831. The van der Waals surface area contributed by atoms with E-state index < -0.39 is 11.2 Å². The summed E-state index contributed by atoms with van der Waals surface area (Å²) in [6.07, 6.45) is 1.78. The molecule has 0 heterocycles. The zero-order chi connectivity index (χ0) is 10.6. The SMILES string of the molecule is COc1ccc(C(SC)C(=O)O)cc1. The van der Waals surface area contributed by atoms with Crippen LogP contribution in [0.4, 0.5) is 0 Å². The van der Waals surface area contributed by atoms with E-state index in [1.807, 2.05) is 0 Å². The van der Waals surface area contributed by atoms with Crippen LogP contribution in [-0.4, -0.2) is 24.4 Å². The molecule has 0 saturated carbocycles. The number of carboxylic acids is 1. The summed E-state index contributed by atoms with van der Waals surface area (Å²) in [6.45, 7) is 0. The average molecular weight is 212 g/mol. The van der Waals surface area contributed by atoms with E-state index in [0.717, 1.165) is 11.3 Å². The van der Waals surface area contributed by atoms with Crippen LogP contribution in [0.2, 0.25) is 0 Å². The van der Waals surface area contributed by atoms with Crippen LogP contribution < -0.4 is 4.74 Å². The van der Waals surface area contributed by atoms with Gasteiger partial charge in [-0.25, -0.2) is 0 Å². The maximum atomic E-state index is 10.8. The summed E-state index contributed by atoms with van der Waals surface area (Å²) in [5.41, 5.74) is 0.783. The molecule has 0 saturated heterocycles. The monoisotopic (exact) mass is 212 g/mol. The number of ether oxygens (including phenoxy) is 1. The molecule has 1 aromatic rings. The number of aliphatic carboxylic acids is 1. The van der Waals surface area contributed by atoms with Gasteiger partial charge in [0.15, 0.2) is 0 Å². The molecule has 4 heteroatoms. The van der Waals surface area contributed by atoms with E-state index in [2.05, 4.69) is 0 Å². The number of thioether (sulfide) groups is 1. The van der Waals surface area contributed by atoms with Crippen LogP contribution in [0.25, 0.3) is 0 Å². The number of methoxy groups -OCH3 is 1. The highest BCUT2D eigenvalue weighted by molar-refractivity contribution is 7.99. The third-order valence-corrected chi connectivity index (χ3v) is 2.82. The first-order valence-electron chi connectivity index (χ1n) is 4.08. The van der Waals surface area contributed by atoms with E-state index in [9.17, 15) is 4.79 Å². The zero-order valence-electron chi connectivity index (χ0n) is 8.06. The number of hydrogen-bond acceptors (Lipinski definition) is 3. The van der Waals surface area contributed by atoms with Crippen molar-refractivity contribution < 1.29 is 14.6 Å². The maximum Gasteiger partial charge on any atom is 0.321 e. The predicted octanol–water partition coefficient (Wildman–Crippen LogP) is 2.18. The van der Waals surface area contributed by atoms with Crippen LogP contribution in [0.1, 0.15) is 10.8 Å². The second-order valence-electron chi connectivity index (χ2n) is 2.73. The van der Waals surface area contributed by atoms with Gasteiger partial charge < -0.3 is 9.84 Å². The normalized spacial score (nSPS) is 12.1. The van der Waals surface area contributed by atoms with Gasteiger partial charge in [0, 0.05) is 0 Å². The van der Waals surface area contributed by atoms with E-state index in [-0.39, 0.29) is 0 Å². The minimum absolute atomic E-state index is 0.499. The van der Waals surface area contributed by atoms with Crippen LogP contribution in [0, 0.1) is 0 Å². The summed E-state index contributed by atoms with van der Waals surface area (Å²) in [6, 6.07) is 7.07. The Labute approximate surface area is 87.1 Å². The first-order chi connectivity index (χ1) is 6.69. The van der Waals surface area contributed by atoms with Gasteiger partial charge in [-0.15, -0.1) is 11.8 Å². The van der Waals surface area contributed by atoms with Crippen LogP contribution >= 0.6 is 11.8 Å². The highest BCUT2D eigenvalue weighted by Crippen LogP contribution is 2.27. The van der Waals surface area contributed by atoms with Crippen molar-refractivity contribution in [1.29, 1.82) is 0 Å². The second kappa shape index (κ2) is 4.91. The highest BCUT2D eigenvalue weighted by atomic mass is 32.2. The number of hydrogen-bond donors (Lipinski definition) is 1. The van der Waals surface area contributed by atoms with Crippen molar-refractivity contribution in [3.63, 3.8) is 0 Å². The van der Waals surface area contributed by atoms with E-state index in [4.69, 9.17) is 9.84 Å². The maximum absolute atomic E-state index is 10.8. The molecule has 0 amide bonds. The van der Waals surface area contributed by atoms with E-state index >= 15 is 0 Å². The van der Waals surface area contributed by atoms with Gasteiger partial charge in [-0.2, -0.15) is 0 Å². The first kappa shape index (κ1) is 10.9. The van der Waals surface area contributed by atoms with E-state index in [1.165, 1.54) is 11.8 Å². The second-order valence-corrected chi connectivity index (χ2v) is 3.67. The molecule has 0 aliphatic carbocycles. The van der Waals surface area contributed by atoms with Crippen molar-refractivity contribution in [2.24, 2.45) is 0 Å². The minimum atomic E-state index is -0.817. The molecule has 0 aliphatic heterocycles. The van der Waals surface area contributed by atoms with Gasteiger partial charge in [0.25, 0.3) is 0 Å². The fourth-order valence-electron chi connectivity index (χ4n) is 1.16. The molecule has 1 atom stereocenters. The fraction of sp³-hybridized carbons (Fsp3) is 0.300. The van der Waals surface area contributed by atoms with Gasteiger partial charge in [-0.1, -0.05) is 12.1 Å². The number of benzene rings is 1. The molecule has 14 heavy (non-hydrogen) atoms. The molecule has 0 aromatic heterocycles. The molecule has 76 valence electrons. The Morgan fingerprint density at radius 3 is 2.36 bits per heavy atom. The van der Waals surface area contributed by atoms with Gasteiger partial charge in [0.05, 0.1) is 7.11 Å². The topological polar surface area (TPSA) is 46.5 Å². The Bertz CT molecular complexity index is 308. The van der Waals surface area contributed by atoms with Crippen LogP contribution in [0.15, 0.2) is 24.3 Å². The number of carboxylic acid groups (broad SMARTS) is 1. The molecule has 1 unspecified atom stereocenters. The molecule has 0 aliphatic rings. The Kier molecular flexibility index (Phi) is 3.83. The molecule has 1 N–H and O–H groups in total. The molecule has 1 aromatic carbocycles. The van der Waals surface area contributed by atoms with Crippen molar-refractivity contribution >= 4 is 17.7 Å². The lowest BCUT2D eigenvalue weighted by Crippen LogP contribution is -2.07. The molecule has 3 nitrogen and oxygen atoms in total. The van der Waals surface area contributed by atoms with Crippen LogP contribution in [0.5, 0.6) is 5.75 Å². The van der Waals surface area contributed by atoms with Crippen molar-refractivity contribution in [3.8, 4) is 5.75 Å². The third-order valence-electron chi connectivity index (χ3n) is 1.88. The van der Waals surface area contributed by atoms with Crippen molar-refractivity contribution in [2.75, 3.05) is 13.4 Å². The van der Waals surface area contributed by atoms with Crippen molar-refractivity contribution in [2.45, 2.75) is 5.25 Å². The van der Waals surface area contributed by atoms with Gasteiger partial charge in [0.1, 0.15) is 11.0 Å². The minimum Gasteiger partial charge on any atom is -0.497 e. The molecule has 0 spiro atoms.